The number of cyclic esters (lactones) is 1. The number of nitrogens with zero attached hydrogens (tertiary/aromatic N) is 4. The van der Waals surface area contributed by atoms with Gasteiger partial charge in [-0.2, -0.15) is 0 Å². The summed E-state index contributed by atoms with van der Waals surface area (Å²) in [6.45, 7) is 2.92. The first-order valence-corrected chi connectivity index (χ1v) is 7.30. The summed E-state index contributed by atoms with van der Waals surface area (Å²) in [7, 11) is 0. The van der Waals surface area contributed by atoms with Gasteiger partial charge in [0.05, 0.1) is 18.8 Å². The summed E-state index contributed by atoms with van der Waals surface area (Å²) in [6, 6.07) is 7.78. The van der Waals surface area contributed by atoms with Crippen LogP contribution in [0, 0.1) is 10.5 Å². The first-order chi connectivity index (χ1) is 9.61. The Hall–Kier alpha value is -1.64. The number of aryl methyl sites for hydroxylation is 1. The van der Waals surface area contributed by atoms with Crippen molar-refractivity contribution in [1.29, 1.82) is 0 Å². The van der Waals surface area contributed by atoms with Gasteiger partial charge in [-0.3, -0.25) is 4.90 Å². The fourth-order valence-corrected chi connectivity index (χ4v) is 2.50. The number of aromatic nitrogens is 3. The molecule has 0 spiro atoms. The largest absolute Gasteiger partial charge is 0.442 e. The van der Waals surface area contributed by atoms with Crippen LogP contribution in [0.3, 0.4) is 0 Å². The second-order valence-corrected chi connectivity index (χ2v) is 5.92. The highest BCUT2D eigenvalue weighted by Gasteiger charge is 2.32. The maximum Gasteiger partial charge on any atom is 0.414 e. The minimum Gasteiger partial charge on any atom is -0.442 e. The molecule has 3 rings (SSSR count). The van der Waals surface area contributed by atoms with Crippen molar-refractivity contribution >= 4 is 34.4 Å². The SMILES string of the molecule is Cc1cn(C[C@H]2CN(c3ccc(I)cc3)C(=O)O2)nn1. The number of carbonyl (C=O) groups is 1. The van der Waals surface area contributed by atoms with E-state index in [0.717, 1.165) is 15.0 Å². The molecule has 1 aromatic carbocycles. The van der Waals surface area contributed by atoms with Gasteiger partial charge in [-0.15, -0.1) is 5.10 Å². The number of halogens is 1. The second kappa shape index (κ2) is 5.39. The third kappa shape index (κ3) is 2.77. The number of carbonyl (C=O) groups excluding carboxylic acids is 1. The second-order valence-electron chi connectivity index (χ2n) is 4.67. The molecule has 1 aromatic heterocycles. The van der Waals surface area contributed by atoms with Gasteiger partial charge in [-0.25, -0.2) is 9.48 Å². The summed E-state index contributed by atoms with van der Waals surface area (Å²) in [5, 5.41) is 7.89. The van der Waals surface area contributed by atoms with Crippen LogP contribution in [-0.4, -0.2) is 33.7 Å². The molecule has 1 aliphatic heterocycles. The molecule has 20 heavy (non-hydrogen) atoms. The molecule has 1 fully saturated rings. The number of ether oxygens (including phenoxy) is 1. The summed E-state index contributed by atoms with van der Waals surface area (Å²) in [4.78, 5) is 13.6. The van der Waals surface area contributed by atoms with E-state index in [1.807, 2.05) is 37.4 Å². The average molecular weight is 384 g/mol. The van der Waals surface area contributed by atoms with E-state index in [4.69, 9.17) is 4.74 Å². The lowest BCUT2D eigenvalue weighted by Crippen LogP contribution is -2.26. The predicted octanol–water partition coefficient (Wildman–Crippen LogP) is 2.22. The Labute approximate surface area is 129 Å². The average Bonchev–Trinajstić information content (AvgIpc) is 2.97. The van der Waals surface area contributed by atoms with E-state index in [2.05, 4.69) is 32.9 Å². The van der Waals surface area contributed by atoms with E-state index in [1.54, 1.807) is 9.58 Å². The molecule has 1 atom stereocenters. The molecule has 104 valence electrons. The summed E-state index contributed by atoms with van der Waals surface area (Å²) >= 11 is 2.23. The van der Waals surface area contributed by atoms with Crippen LogP contribution < -0.4 is 4.90 Å². The molecule has 1 saturated heterocycles. The van der Waals surface area contributed by atoms with Crippen LogP contribution >= 0.6 is 22.6 Å². The van der Waals surface area contributed by atoms with Crippen LogP contribution in [0.15, 0.2) is 30.5 Å². The highest BCUT2D eigenvalue weighted by atomic mass is 127. The molecule has 0 radical (unpaired) electrons. The molecule has 0 bridgehead atoms. The quantitative estimate of drug-likeness (QED) is 0.762. The van der Waals surface area contributed by atoms with Crippen molar-refractivity contribution in [3.05, 3.63) is 39.7 Å². The van der Waals surface area contributed by atoms with Crippen LogP contribution in [0.5, 0.6) is 0 Å². The Balaban J connectivity index is 1.70. The van der Waals surface area contributed by atoms with Crippen molar-refractivity contribution in [3.8, 4) is 0 Å². The molecule has 6 nitrogen and oxygen atoms in total. The Morgan fingerprint density at radius 1 is 1.40 bits per heavy atom. The molecule has 1 aliphatic rings. The fourth-order valence-electron chi connectivity index (χ4n) is 2.14. The number of amides is 1. The molecule has 1 amide bonds. The smallest absolute Gasteiger partial charge is 0.414 e. The van der Waals surface area contributed by atoms with Crippen molar-refractivity contribution in [2.24, 2.45) is 0 Å². The lowest BCUT2D eigenvalue weighted by Gasteiger charge is -2.12. The molecule has 0 saturated carbocycles. The number of benzene rings is 1. The maximum atomic E-state index is 11.9. The topological polar surface area (TPSA) is 60.2 Å². The Bertz CT molecular complexity index is 626. The fraction of sp³-hybridized carbons (Fsp3) is 0.308. The van der Waals surface area contributed by atoms with Crippen LogP contribution in [0.1, 0.15) is 5.69 Å². The summed E-state index contributed by atoms with van der Waals surface area (Å²) in [6.07, 6.45) is 1.32. The Morgan fingerprint density at radius 3 is 2.80 bits per heavy atom. The summed E-state index contributed by atoms with van der Waals surface area (Å²) in [5.41, 5.74) is 1.71. The first-order valence-electron chi connectivity index (χ1n) is 6.22. The van der Waals surface area contributed by atoms with E-state index in [9.17, 15) is 4.79 Å². The highest BCUT2D eigenvalue weighted by molar-refractivity contribution is 14.1. The number of rotatable bonds is 3. The van der Waals surface area contributed by atoms with Crippen LogP contribution in [0.25, 0.3) is 0 Å². The van der Waals surface area contributed by atoms with Crippen LogP contribution in [0.2, 0.25) is 0 Å². The van der Waals surface area contributed by atoms with Crippen molar-refractivity contribution in [3.63, 3.8) is 0 Å². The van der Waals surface area contributed by atoms with Crippen molar-refractivity contribution in [2.75, 3.05) is 11.4 Å². The van der Waals surface area contributed by atoms with Crippen molar-refractivity contribution in [2.45, 2.75) is 19.6 Å². The highest BCUT2D eigenvalue weighted by Crippen LogP contribution is 2.23. The van der Waals surface area contributed by atoms with Gasteiger partial charge < -0.3 is 4.74 Å². The maximum absolute atomic E-state index is 11.9. The monoisotopic (exact) mass is 384 g/mol. The third-order valence-electron chi connectivity index (χ3n) is 3.06. The summed E-state index contributed by atoms with van der Waals surface area (Å²) < 4.78 is 8.20. The minimum absolute atomic E-state index is 0.206. The van der Waals surface area contributed by atoms with Gasteiger partial charge in [0.15, 0.2) is 0 Å². The zero-order valence-electron chi connectivity index (χ0n) is 10.9. The van der Waals surface area contributed by atoms with Crippen LogP contribution in [-0.2, 0) is 11.3 Å². The zero-order chi connectivity index (χ0) is 14.1. The molecular weight excluding hydrogens is 371 g/mol. The molecule has 0 N–H and O–H groups in total. The summed E-state index contributed by atoms with van der Waals surface area (Å²) in [5.74, 6) is 0. The third-order valence-corrected chi connectivity index (χ3v) is 3.78. The number of hydrogen-bond acceptors (Lipinski definition) is 4. The van der Waals surface area contributed by atoms with E-state index < -0.39 is 0 Å². The van der Waals surface area contributed by atoms with Gasteiger partial charge >= 0.3 is 6.09 Å². The van der Waals surface area contributed by atoms with E-state index in [1.165, 1.54) is 0 Å². The zero-order valence-corrected chi connectivity index (χ0v) is 13.0. The predicted molar refractivity (Wildman–Crippen MR) is 81.5 cm³/mol. The molecular formula is C13H13IN4O2. The van der Waals surface area contributed by atoms with Gasteiger partial charge in [-0.05, 0) is 53.8 Å². The molecule has 2 aromatic rings. The minimum atomic E-state index is -0.312. The van der Waals surface area contributed by atoms with E-state index >= 15 is 0 Å². The van der Waals surface area contributed by atoms with Gasteiger partial charge in [0.1, 0.15) is 6.10 Å². The number of hydrogen-bond donors (Lipinski definition) is 0. The van der Waals surface area contributed by atoms with E-state index in [-0.39, 0.29) is 12.2 Å². The van der Waals surface area contributed by atoms with Crippen LogP contribution in [0.4, 0.5) is 10.5 Å². The van der Waals surface area contributed by atoms with Crippen molar-refractivity contribution < 1.29 is 9.53 Å². The standard InChI is InChI=1S/C13H13IN4O2/c1-9-6-17(16-15-9)7-12-8-18(13(19)20-12)11-4-2-10(14)3-5-11/h2-6,12H,7-8H2,1H3/t12-/m0/s1. The van der Waals surface area contributed by atoms with Crippen molar-refractivity contribution in [1.82, 2.24) is 15.0 Å². The van der Waals surface area contributed by atoms with Gasteiger partial charge in [0, 0.05) is 15.5 Å². The Kier molecular flexibility index (Phi) is 3.60. The molecule has 0 unspecified atom stereocenters. The van der Waals surface area contributed by atoms with Gasteiger partial charge in [0.25, 0.3) is 0 Å². The van der Waals surface area contributed by atoms with Gasteiger partial charge in [0.2, 0.25) is 0 Å². The first kappa shape index (κ1) is 13.3. The number of anilines is 1. The normalized spacial score (nSPS) is 18.4. The van der Waals surface area contributed by atoms with E-state index in [0.29, 0.717) is 13.1 Å². The van der Waals surface area contributed by atoms with Gasteiger partial charge in [-0.1, -0.05) is 5.21 Å². The molecule has 7 heteroatoms. The lowest BCUT2D eigenvalue weighted by molar-refractivity contribution is 0.129. The lowest BCUT2D eigenvalue weighted by atomic mass is 10.3. The molecule has 0 aliphatic carbocycles. The molecule has 2 heterocycles. The Morgan fingerprint density at radius 2 is 2.15 bits per heavy atom.